The Kier molecular flexibility index (Phi) is 3.98. The van der Waals surface area contributed by atoms with Gasteiger partial charge in [0, 0.05) is 31.5 Å². The van der Waals surface area contributed by atoms with Crippen LogP contribution in [-0.2, 0) is 9.53 Å². The SMILES string of the molecule is COCC(=O)N1CCCCC1c1cc(=O)n2[nH]c(C)cc2n1. The summed E-state index contributed by atoms with van der Waals surface area (Å²) < 4.78 is 6.38. The Hall–Kier alpha value is -2.15. The Labute approximate surface area is 127 Å². The van der Waals surface area contributed by atoms with Crippen molar-refractivity contribution in [1.29, 1.82) is 0 Å². The molecule has 0 spiro atoms. The van der Waals surface area contributed by atoms with Gasteiger partial charge in [-0.15, -0.1) is 0 Å². The summed E-state index contributed by atoms with van der Waals surface area (Å²) in [6, 6.07) is 3.20. The van der Waals surface area contributed by atoms with E-state index in [0.29, 0.717) is 17.9 Å². The average Bonchev–Trinajstić information content (AvgIpc) is 2.88. The van der Waals surface area contributed by atoms with E-state index >= 15 is 0 Å². The van der Waals surface area contributed by atoms with Gasteiger partial charge in [-0.2, -0.15) is 0 Å². The van der Waals surface area contributed by atoms with Crippen LogP contribution in [0.4, 0.5) is 0 Å². The lowest BCUT2D eigenvalue weighted by Gasteiger charge is -2.35. The first-order valence-corrected chi connectivity index (χ1v) is 7.48. The number of fused-ring (bicyclic) bond motifs is 1. The molecule has 1 unspecified atom stereocenters. The third-order valence-electron chi connectivity index (χ3n) is 4.03. The number of likely N-dealkylation sites (tertiary alicyclic amines) is 1. The second-order valence-electron chi connectivity index (χ2n) is 5.68. The molecule has 1 aliphatic heterocycles. The van der Waals surface area contributed by atoms with Crippen molar-refractivity contribution in [2.75, 3.05) is 20.3 Å². The number of hydrogen-bond donors (Lipinski definition) is 1. The molecule has 0 bridgehead atoms. The third-order valence-corrected chi connectivity index (χ3v) is 4.03. The van der Waals surface area contributed by atoms with Crippen LogP contribution in [0.3, 0.4) is 0 Å². The fourth-order valence-electron chi connectivity index (χ4n) is 3.04. The van der Waals surface area contributed by atoms with Gasteiger partial charge in [0.15, 0.2) is 5.65 Å². The summed E-state index contributed by atoms with van der Waals surface area (Å²) in [5.74, 6) is -0.0561. The number of aromatic amines is 1. The molecular formula is C15H20N4O3. The molecule has 3 rings (SSSR count). The van der Waals surface area contributed by atoms with Gasteiger partial charge in [0.2, 0.25) is 5.91 Å². The normalized spacial score (nSPS) is 18.8. The smallest absolute Gasteiger partial charge is 0.272 e. The minimum absolute atomic E-state index is 0.0561. The van der Waals surface area contributed by atoms with Gasteiger partial charge in [-0.1, -0.05) is 0 Å². The summed E-state index contributed by atoms with van der Waals surface area (Å²) in [4.78, 5) is 30.8. The Morgan fingerprint density at radius 2 is 2.27 bits per heavy atom. The monoisotopic (exact) mass is 304 g/mol. The van der Waals surface area contributed by atoms with Gasteiger partial charge >= 0.3 is 0 Å². The largest absolute Gasteiger partial charge is 0.375 e. The molecule has 0 saturated carbocycles. The number of rotatable bonds is 3. The first-order valence-electron chi connectivity index (χ1n) is 7.48. The van der Waals surface area contributed by atoms with Crippen molar-refractivity contribution in [3.05, 3.63) is 33.9 Å². The summed E-state index contributed by atoms with van der Waals surface area (Å²) in [6.07, 6.45) is 2.81. The van der Waals surface area contributed by atoms with Gasteiger partial charge in [0.05, 0.1) is 11.7 Å². The maximum atomic E-state index is 12.2. The number of aryl methyl sites for hydroxylation is 1. The molecule has 1 saturated heterocycles. The van der Waals surface area contributed by atoms with Gasteiger partial charge in [-0.05, 0) is 26.2 Å². The second-order valence-corrected chi connectivity index (χ2v) is 5.68. The zero-order valence-corrected chi connectivity index (χ0v) is 12.8. The molecule has 2 aromatic heterocycles. The lowest BCUT2D eigenvalue weighted by molar-refractivity contribution is -0.139. The molecule has 7 heteroatoms. The maximum Gasteiger partial charge on any atom is 0.272 e. The number of hydrogen-bond acceptors (Lipinski definition) is 4. The van der Waals surface area contributed by atoms with Crippen molar-refractivity contribution in [3.8, 4) is 0 Å². The van der Waals surface area contributed by atoms with E-state index in [1.807, 2.05) is 13.0 Å². The van der Waals surface area contributed by atoms with Crippen molar-refractivity contribution in [1.82, 2.24) is 19.5 Å². The van der Waals surface area contributed by atoms with Crippen molar-refractivity contribution >= 4 is 11.6 Å². The highest BCUT2D eigenvalue weighted by Crippen LogP contribution is 2.29. The number of nitrogens with one attached hydrogen (secondary N) is 1. The lowest BCUT2D eigenvalue weighted by Crippen LogP contribution is -2.41. The van der Waals surface area contributed by atoms with E-state index in [0.717, 1.165) is 25.0 Å². The van der Waals surface area contributed by atoms with Crippen LogP contribution in [0.5, 0.6) is 0 Å². The summed E-state index contributed by atoms with van der Waals surface area (Å²) in [5, 5.41) is 2.95. The highest BCUT2D eigenvalue weighted by Gasteiger charge is 2.29. The number of nitrogens with zero attached hydrogens (tertiary/aromatic N) is 3. The number of ether oxygens (including phenoxy) is 1. The molecule has 1 aliphatic rings. The van der Waals surface area contributed by atoms with E-state index in [4.69, 9.17) is 4.74 Å². The Bertz CT molecular complexity index is 749. The molecular weight excluding hydrogens is 284 g/mol. The molecule has 3 heterocycles. The van der Waals surface area contributed by atoms with Crippen LogP contribution in [-0.4, -0.2) is 45.7 Å². The number of carbonyl (C=O) groups excluding carboxylic acids is 1. The fourth-order valence-corrected chi connectivity index (χ4v) is 3.04. The second kappa shape index (κ2) is 5.92. The first kappa shape index (κ1) is 14.8. The van der Waals surface area contributed by atoms with E-state index in [-0.39, 0.29) is 24.1 Å². The predicted octanol–water partition coefficient (Wildman–Crippen LogP) is 1.03. The van der Waals surface area contributed by atoms with E-state index in [2.05, 4.69) is 10.1 Å². The first-order chi connectivity index (χ1) is 10.6. The van der Waals surface area contributed by atoms with Crippen LogP contribution in [0.25, 0.3) is 5.65 Å². The fraction of sp³-hybridized carbons (Fsp3) is 0.533. The molecule has 1 atom stereocenters. The van der Waals surface area contributed by atoms with E-state index in [1.165, 1.54) is 17.7 Å². The van der Waals surface area contributed by atoms with Gasteiger partial charge in [0.1, 0.15) is 6.61 Å². The van der Waals surface area contributed by atoms with Crippen LogP contribution in [0, 0.1) is 6.92 Å². The van der Waals surface area contributed by atoms with Crippen LogP contribution in [0.15, 0.2) is 16.9 Å². The lowest BCUT2D eigenvalue weighted by atomic mass is 9.99. The number of aromatic nitrogens is 3. The van der Waals surface area contributed by atoms with Crippen LogP contribution in [0.1, 0.15) is 36.7 Å². The van der Waals surface area contributed by atoms with Crippen LogP contribution >= 0.6 is 0 Å². The van der Waals surface area contributed by atoms with Gasteiger partial charge in [-0.25, -0.2) is 9.50 Å². The molecule has 22 heavy (non-hydrogen) atoms. The average molecular weight is 304 g/mol. The van der Waals surface area contributed by atoms with E-state index < -0.39 is 0 Å². The van der Waals surface area contributed by atoms with Crippen molar-refractivity contribution in [2.45, 2.75) is 32.2 Å². The van der Waals surface area contributed by atoms with Gasteiger partial charge in [0.25, 0.3) is 5.56 Å². The highest BCUT2D eigenvalue weighted by atomic mass is 16.5. The zero-order chi connectivity index (χ0) is 15.7. The van der Waals surface area contributed by atoms with Gasteiger partial charge < -0.3 is 9.64 Å². The van der Waals surface area contributed by atoms with E-state index in [1.54, 1.807) is 4.90 Å². The number of methoxy groups -OCH3 is 1. The molecule has 118 valence electrons. The van der Waals surface area contributed by atoms with E-state index in [9.17, 15) is 9.59 Å². The van der Waals surface area contributed by atoms with Crippen molar-refractivity contribution < 1.29 is 9.53 Å². The maximum absolute atomic E-state index is 12.2. The predicted molar refractivity (Wildman–Crippen MR) is 80.7 cm³/mol. The Balaban J connectivity index is 2.00. The van der Waals surface area contributed by atoms with Crippen molar-refractivity contribution in [2.24, 2.45) is 0 Å². The molecule has 1 fully saturated rings. The topological polar surface area (TPSA) is 79.7 Å². The Morgan fingerprint density at radius 3 is 3.05 bits per heavy atom. The molecule has 1 N–H and O–H groups in total. The molecule has 2 aromatic rings. The standard InChI is InChI=1S/C15H20N4O3/c1-10-7-13-16-11(8-14(20)19(13)17-10)12-5-3-4-6-18(12)15(21)9-22-2/h7-8,12,17H,3-6,9H2,1-2H3. The van der Waals surface area contributed by atoms with Crippen molar-refractivity contribution in [3.63, 3.8) is 0 Å². The highest BCUT2D eigenvalue weighted by molar-refractivity contribution is 5.78. The van der Waals surface area contributed by atoms with Crippen LogP contribution < -0.4 is 5.56 Å². The molecule has 0 aliphatic carbocycles. The Morgan fingerprint density at radius 1 is 1.45 bits per heavy atom. The summed E-state index contributed by atoms with van der Waals surface area (Å²) in [5.41, 5.74) is 1.97. The summed E-state index contributed by atoms with van der Waals surface area (Å²) in [7, 11) is 1.51. The molecule has 0 aromatic carbocycles. The number of piperidine rings is 1. The molecule has 0 radical (unpaired) electrons. The third kappa shape index (κ3) is 2.64. The molecule has 7 nitrogen and oxygen atoms in total. The summed E-state index contributed by atoms with van der Waals surface area (Å²) >= 11 is 0. The van der Waals surface area contributed by atoms with Gasteiger partial charge in [-0.3, -0.25) is 14.7 Å². The minimum atomic E-state index is -0.155. The number of carbonyl (C=O) groups is 1. The summed E-state index contributed by atoms with van der Waals surface area (Å²) in [6.45, 7) is 2.61. The number of amides is 1. The number of H-pyrrole nitrogens is 1. The minimum Gasteiger partial charge on any atom is -0.375 e. The molecule has 1 amide bonds. The zero-order valence-electron chi connectivity index (χ0n) is 12.8. The van der Waals surface area contributed by atoms with Crippen LogP contribution in [0.2, 0.25) is 0 Å². The quantitative estimate of drug-likeness (QED) is 0.918.